The zero-order valence-corrected chi connectivity index (χ0v) is 10.5. The Hall–Kier alpha value is -1.68. The zero-order chi connectivity index (χ0) is 12.3. The SMILES string of the molecule is CCCc1ccc(-c2nc(C(N)=O)cs2)cc1. The van der Waals surface area contributed by atoms with Crippen molar-refractivity contribution in [1.29, 1.82) is 0 Å². The predicted molar refractivity (Wildman–Crippen MR) is 70.1 cm³/mol. The summed E-state index contributed by atoms with van der Waals surface area (Å²) in [6, 6.07) is 8.28. The summed E-state index contributed by atoms with van der Waals surface area (Å²) in [5.41, 5.74) is 7.86. The van der Waals surface area contributed by atoms with E-state index in [1.54, 1.807) is 5.38 Å². The minimum atomic E-state index is -0.477. The van der Waals surface area contributed by atoms with E-state index < -0.39 is 5.91 Å². The third-order valence-corrected chi connectivity index (χ3v) is 3.39. The number of hydrogen-bond donors (Lipinski definition) is 1. The van der Waals surface area contributed by atoms with Crippen LogP contribution in [0.1, 0.15) is 29.4 Å². The van der Waals surface area contributed by atoms with Gasteiger partial charge in [-0.15, -0.1) is 11.3 Å². The highest BCUT2D eigenvalue weighted by Crippen LogP contribution is 2.24. The number of nitrogens with zero attached hydrogens (tertiary/aromatic N) is 1. The summed E-state index contributed by atoms with van der Waals surface area (Å²) in [6.07, 6.45) is 2.23. The molecule has 0 aliphatic heterocycles. The Bertz CT molecular complexity index is 516. The third kappa shape index (κ3) is 2.71. The van der Waals surface area contributed by atoms with E-state index >= 15 is 0 Å². The van der Waals surface area contributed by atoms with E-state index in [2.05, 4.69) is 24.0 Å². The molecular weight excluding hydrogens is 232 g/mol. The van der Waals surface area contributed by atoms with E-state index in [1.165, 1.54) is 16.9 Å². The van der Waals surface area contributed by atoms with Gasteiger partial charge in [0.05, 0.1) is 0 Å². The van der Waals surface area contributed by atoms with Crippen molar-refractivity contribution in [3.05, 3.63) is 40.9 Å². The molecule has 0 radical (unpaired) electrons. The summed E-state index contributed by atoms with van der Waals surface area (Å²) in [6.45, 7) is 2.16. The van der Waals surface area contributed by atoms with Crippen LogP contribution in [0, 0.1) is 0 Å². The molecule has 2 N–H and O–H groups in total. The minimum absolute atomic E-state index is 0.336. The van der Waals surface area contributed by atoms with Gasteiger partial charge in [0, 0.05) is 10.9 Å². The number of carbonyl (C=O) groups is 1. The van der Waals surface area contributed by atoms with Crippen LogP contribution < -0.4 is 5.73 Å². The van der Waals surface area contributed by atoms with E-state index in [9.17, 15) is 4.79 Å². The number of rotatable bonds is 4. The van der Waals surface area contributed by atoms with Gasteiger partial charge in [-0.2, -0.15) is 0 Å². The number of aryl methyl sites for hydroxylation is 1. The van der Waals surface area contributed by atoms with E-state index in [0.29, 0.717) is 5.69 Å². The van der Waals surface area contributed by atoms with Crippen molar-refractivity contribution >= 4 is 17.2 Å². The fraction of sp³-hybridized carbons (Fsp3) is 0.231. The molecule has 0 saturated heterocycles. The molecule has 3 nitrogen and oxygen atoms in total. The Balaban J connectivity index is 2.23. The maximum absolute atomic E-state index is 11.0. The van der Waals surface area contributed by atoms with E-state index in [0.717, 1.165) is 23.4 Å². The van der Waals surface area contributed by atoms with Crippen LogP contribution in [0.25, 0.3) is 10.6 Å². The highest BCUT2D eigenvalue weighted by atomic mass is 32.1. The second-order valence-electron chi connectivity index (χ2n) is 3.85. The smallest absolute Gasteiger partial charge is 0.268 e. The normalized spacial score (nSPS) is 10.4. The summed E-state index contributed by atoms with van der Waals surface area (Å²) in [4.78, 5) is 15.2. The molecule has 88 valence electrons. The molecule has 17 heavy (non-hydrogen) atoms. The first-order valence-corrected chi connectivity index (χ1v) is 6.43. The van der Waals surface area contributed by atoms with Gasteiger partial charge in [0.15, 0.2) is 0 Å². The predicted octanol–water partition coefficient (Wildman–Crippen LogP) is 2.86. The molecule has 2 aromatic rings. The zero-order valence-electron chi connectivity index (χ0n) is 9.64. The summed E-state index contributed by atoms with van der Waals surface area (Å²) in [5.74, 6) is -0.477. The molecule has 2 rings (SSSR count). The van der Waals surface area contributed by atoms with Crippen LogP contribution in [0.3, 0.4) is 0 Å². The number of thiazole rings is 1. The van der Waals surface area contributed by atoms with E-state index in [-0.39, 0.29) is 0 Å². The average molecular weight is 246 g/mol. The van der Waals surface area contributed by atoms with Crippen molar-refractivity contribution < 1.29 is 4.79 Å². The molecule has 0 unspecified atom stereocenters. The first kappa shape index (κ1) is 11.8. The fourth-order valence-corrected chi connectivity index (χ4v) is 2.44. The van der Waals surface area contributed by atoms with Gasteiger partial charge in [0.25, 0.3) is 5.91 Å². The number of benzene rings is 1. The summed E-state index contributed by atoms with van der Waals surface area (Å²) in [5, 5.41) is 2.53. The number of aromatic nitrogens is 1. The number of amides is 1. The lowest BCUT2D eigenvalue weighted by molar-refractivity contribution is 0.0996. The highest BCUT2D eigenvalue weighted by Gasteiger charge is 2.08. The van der Waals surface area contributed by atoms with Gasteiger partial charge in [-0.05, 0) is 12.0 Å². The molecule has 4 heteroatoms. The van der Waals surface area contributed by atoms with Crippen LogP contribution >= 0.6 is 11.3 Å². The molecule has 0 aliphatic rings. The summed E-state index contributed by atoms with van der Waals surface area (Å²) >= 11 is 1.44. The van der Waals surface area contributed by atoms with Gasteiger partial charge in [0.1, 0.15) is 10.7 Å². The van der Waals surface area contributed by atoms with Gasteiger partial charge in [0.2, 0.25) is 0 Å². The summed E-state index contributed by atoms with van der Waals surface area (Å²) < 4.78 is 0. The lowest BCUT2D eigenvalue weighted by Gasteiger charge is -2.00. The Morgan fingerprint density at radius 1 is 1.35 bits per heavy atom. The number of primary amides is 1. The Morgan fingerprint density at radius 3 is 2.59 bits per heavy atom. The topological polar surface area (TPSA) is 56.0 Å². The number of hydrogen-bond acceptors (Lipinski definition) is 3. The Labute approximate surface area is 104 Å². The van der Waals surface area contributed by atoms with E-state index in [4.69, 9.17) is 5.73 Å². The molecule has 1 aromatic carbocycles. The van der Waals surface area contributed by atoms with Crippen LogP contribution in [0.5, 0.6) is 0 Å². The van der Waals surface area contributed by atoms with Crippen LogP contribution in [0.15, 0.2) is 29.6 Å². The summed E-state index contributed by atoms with van der Waals surface area (Å²) in [7, 11) is 0. The monoisotopic (exact) mass is 246 g/mol. The number of nitrogens with two attached hydrogens (primary N) is 1. The van der Waals surface area contributed by atoms with Gasteiger partial charge < -0.3 is 5.73 Å². The van der Waals surface area contributed by atoms with Crippen molar-refractivity contribution in [2.45, 2.75) is 19.8 Å². The molecule has 0 fully saturated rings. The Kier molecular flexibility index (Phi) is 3.54. The molecule has 0 aliphatic carbocycles. The molecule has 0 bridgehead atoms. The molecule has 0 atom stereocenters. The van der Waals surface area contributed by atoms with Crippen molar-refractivity contribution in [2.24, 2.45) is 5.73 Å². The van der Waals surface area contributed by atoms with Crippen molar-refractivity contribution in [3.8, 4) is 10.6 Å². The quantitative estimate of drug-likeness (QED) is 0.901. The first-order chi connectivity index (χ1) is 8.20. The average Bonchev–Trinajstić information content (AvgIpc) is 2.80. The first-order valence-electron chi connectivity index (χ1n) is 5.55. The van der Waals surface area contributed by atoms with Crippen molar-refractivity contribution in [1.82, 2.24) is 4.98 Å². The molecule has 1 heterocycles. The minimum Gasteiger partial charge on any atom is -0.364 e. The van der Waals surface area contributed by atoms with Crippen molar-refractivity contribution in [2.75, 3.05) is 0 Å². The molecule has 1 amide bonds. The van der Waals surface area contributed by atoms with Crippen LogP contribution in [0.4, 0.5) is 0 Å². The maximum Gasteiger partial charge on any atom is 0.268 e. The fourth-order valence-electron chi connectivity index (χ4n) is 1.62. The molecule has 0 spiro atoms. The molecule has 0 saturated carbocycles. The maximum atomic E-state index is 11.0. The van der Waals surface area contributed by atoms with E-state index in [1.807, 2.05) is 12.1 Å². The number of carbonyl (C=O) groups excluding carboxylic acids is 1. The van der Waals surface area contributed by atoms with Gasteiger partial charge in [-0.3, -0.25) is 4.79 Å². The third-order valence-electron chi connectivity index (χ3n) is 2.50. The molecular formula is C13H14N2OS. The van der Waals surface area contributed by atoms with Crippen LogP contribution in [-0.4, -0.2) is 10.9 Å². The standard InChI is InChI=1S/C13H14N2OS/c1-2-3-9-4-6-10(7-5-9)13-15-11(8-17-13)12(14)16/h4-8H,2-3H2,1H3,(H2,14,16). The van der Waals surface area contributed by atoms with Gasteiger partial charge in [-0.25, -0.2) is 4.98 Å². The van der Waals surface area contributed by atoms with Gasteiger partial charge >= 0.3 is 0 Å². The lowest BCUT2D eigenvalue weighted by atomic mass is 10.1. The van der Waals surface area contributed by atoms with Crippen molar-refractivity contribution in [3.63, 3.8) is 0 Å². The largest absolute Gasteiger partial charge is 0.364 e. The van der Waals surface area contributed by atoms with Crippen LogP contribution in [0.2, 0.25) is 0 Å². The molecule has 1 aromatic heterocycles. The highest BCUT2D eigenvalue weighted by molar-refractivity contribution is 7.13. The van der Waals surface area contributed by atoms with Crippen LogP contribution in [-0.2, 0) is 6.42 Å². The van der Waals surface area contributed by atoms with Gasteiger partial charge in [-0.1, -0.05) is 37.6 Å². The second-order valence-corrected chi connectivity index (χ2v) is 4.71. The Morgan fingerprint density at radius 2 is 2.06 bits per heavy atom. The second kappa shape index (κ2) is 5.10. The lowest BCUT2D eigenvalue weighted by Crippen LogP contribution is -2.10.